The summed E-state index contributed by atoms with van der Waals surface area (Å²) >= 11 is 3.06. The molecule has 84 valence electrons. The van der Waals surface area contributed by atoms with Crippen LogP contribution in [0.5, 0.6) is 0 Å². The summed E-state index contributed by atoms with van der Waals surface area (Å²) in [7, 11) is 0. The Morgan fingerprint density at radius 3 is 2.50 bits per heavy atom. The third-order valence-corrected chi connectivity index (χ3v) is 2.35. The standard InChI is InChI=1S/C10H5BrF3NO/c11-7-3-1-2-6(4-7)8(5-15)9(16)10(12,13)14/h1-4,8H/t8-/m1/s1. The van der Waals surface area contributed by atoms with E-state index in [1.54, 1.807) is 6.07 Å². The molecule has 0 radical (unpaired) electrons. The van der Waals surface area contributed by atoms with E-state index in [0.717, 1.165) is 0 Å². The number of halogens is 4. The van der Waals surface area contributed by atoms with Gasteiger partial charge in [-0.1, -0.05) is 28.1 Å². The summed E-state index contributed by atoms with van der Waals surface area (Å²) in [6.45, 7) is 0. The minimum absolute atomic E-state index is 0.0270. The van der Waals surface area contributed by atoms with Crippen molar-refractivity contribution in [1.82, 2.24) is 0 Å². The van der Waals surface area contributed by atoms with Crippen LogP contribution in [-0.2, 0) is 4.79 Å². The Hall–Kier alpha value is -1.35. The zero-order valence-corrected chi connectivity index (χ0v) is 9.34. The Kier molecular flexibility index (Phi) is 3.70. The molecule has 0 saturated heterocycles. The van der Waals surface area contributed by atoms with E-state index < -0.39 is 17.9 Å². The summed E-state index contributed by atoms with van der Waals surface area (Å²) in [6.07, 6.45) is -5.00. The van der Waals surface area contributed by atoms with Crippen LogP contribution < -0.4 is 0 Å². The van der Waals surface area contributed by atoms with Crippen LogP contribution in [0.4, 0.5) is 13.2 Å². The topological polar surface area (TPSA) is 40.9 Å². The Morgan fingerprint density at radius 2 is 2.06 bits per heavy atom. The number of ketones is 1. The van der Waals surface area contributed by atoms with Crippen LogP contribution in [0.15, 0.2) is 28.7 Å². The molecule has 0 aliphatic carbocycles. The van der Waals surface area contributed by atoms with Gasteiger partial charge in [0.15, 0.2) is 0 Å². The first kappa shape index (κ1) is 12.7. The second-order valence-corrected chi connectivity index (χ2v) is 3.89. The highest BCUT2D eigenvalue weighted by Crippen LogP contribution is 2.28. The first-order valence-electron chi connectivity index (χ1n) is 4.12. The first-order valence-corrected chi connectivity index (χ1v) is 4.91. The molecule has 16 heavy (non-hydrogen) atoms. The molecule has 0 aliphatic rings. The maximum Gasteiger partial charge on any atom is 0.451 e. The number of benzene rings is 1. The minimum Gasteiger partial charge on any atom is -0.288 e. The fourth-order valence-corrected chi connectivity index (χ4v) is 1.55. The fraction of sp³-hybridized carbons (Fsp3) is 0.200. The van der Waals surface area contributed by atoms with E-state index in [2.05, 4.69) is 15.9 Å². The monoisotopic (exact) mass is 291 g/mol. The van der Waals surface area contributed by atoms with E-state index in [0.29, 0.717) is 4.47 Å². The first-order chi connectivity index (χ1) is 7.36. The smallest absolute Gasteiger partial charge is 0.288 e. The molecule has 6 heteroatoms. The number of Topliss-reactive ketones (excluding diaryl/α,β-unsaturated/α-hetero) is 1. The van der Waals surface area contributed by atoms with Crippen molar-refractivity contribution in [3.63, 3.8) is 0 Å². The summed E-state index contributed by atoms with van der Waals surface area (Å²) in [6, 6.07) is 7.05. The van der Waals surface area contributed by atoms with Gasteiger partial charge in [-0.2, -0.15) is 18.4 Å². The normalized spacial score (nSPS) is 12.9. The maximum absolute atomic E-state index is 12.2. The maximum atomic E-state index is 12.2. The van der Waals surface area contributed by atoms with Gasteiger partial charge in [-0.3, -0.25) is 4.79 Å². The van der Waals surface area contributed by atoms with Crippen molar-refractivity contribution in [3.05, 3.63) is 34.3 Å². The molecule has 0 heterocycles. The molecule has 0 unspecified atom stereocenters. The lowest BCUT2D eigenvalue weighted by Gasteiger charge is -2.11. The highest BCUT2D eigenvalue weighted by atomic mass is 79.9. The van der Waals surface area contributed by atoms with E-state index in [9.17, 15) is 18.0 Å². The Bertz CT molecular complexity index is 450. The van der Waals surface area contributed by atoms with E-state index >= 15 is 0 Å². The van der Waals surface area contributed by atoms with Crippen molar-refractivity contribution in [2.24, 2.45) is 0 Å². The Balaban J connectivity index is 3.10. The number of nitriles is 1. The van der Waals surface area contributed by atoms with E-state index in [1.165, 1.54) is 24.3 Å². The molecule has 1 atom stereocenters. The predicted molar refractivity (Wildman–Crippen MR) is 53.6 cm³/mol. The van der Waals surface area contributed by atoms with Crippen LogP contribution in [0.2, 0.25) is 0 Å². The molecule has 0 N–H and O–H groups in total. The third kappa shape index (κ3) is 2.83. The second kappa shape index (κ2) is 4.66. The Labute approximate surface area is 97.8 Å². The summed E-state index contributed by atoms with van der Waals surface area (Å²) in [4.78, 5) is 10.9. The third-order valence-electron chi connectivity index (χ3n) is 1.85. The average molecular weight is 292 g/mol. The molecule has 0 fully saturated rings. The van der Waals surface area contributed by atoms with Gasteiger partial charge >= 0.3 is 6.18 Å². The van der Waals surface area contributed by atoms with Gasteiger partial charge < -0.3 is 0 Å². The number of alkyl halides is 3. The Morgan fingerprint density at radius 1 is 1.44 bits per heavy atom. The number of carbonyl (C=O) groups excluding carboxylic acids is 1. The van der Waals surface area contributed by atoms with Crippen LogP contribution in [0.1, 0.15) is 11.5 Å². The molecule has 1 aromatic carbocycles. The van der Waals surface area contributed by atoms with Gasteiger partial charge in [0, 0.05) is 4.47 Å². The quantitative estimate of drug-likeness (QED) is 0.840. The fourth-order valence-electron chi connectivity index (χ4n) is 1.13. The van der Waals surface area contributed by atoms with Crippen molar-refractivity contribution >= 4 is 21.7 Å². The zero-order chi connectivity index (χ0) is 12.3. The SMILES string of the molecule is N#C[C@@H](C(=O)C(F)(F)F)c1cccc(Br)c1. The highest BCUT2D eigenvalue weighted by Gasteiger charge is 2.44. The number of rotatable bonds is 2. The number of nitrogens with zero attached hydrogens (tertiary/aromatic N) is 1. The van der Waals surface area contributed by atoms with Crippen LogP contribution in [0, 0.1) is 11.3 Å². The summed E-state index contributed by atoms with van der Waals surface area (Å²) in [5, 5.41) is 8.62. The van der Waals surface area contributed by atoms with Crippen molar-refractivity contribution in [1.29, 1.82) is 5.26 Å². The number of hydrogen-bond acceptors (Lipinski definition) is 2. The van der Waals surface area contributed by atoms with Gasteiger partial charge in [0.25, 0.3) is 5.78 Å². The van der Waals surface area contributed by atoms with Gasteiger partial charge in [-0.25, -0.2) is 0 Å². The zero-order valence-electron chi connectivity index (χ0n) is 7.75. The predicted octanol–water partition coefficient (Wildman–Crippen LogP) is 3.19. The molecular weight excluding hydrogens is 287 g/mol. The van der Waals surface area contributed by atoms with Gasteiger partial charge in [-0.15, -0.1) is 0 Å². The van der Waals surface area contributed by atoms with Crippen molar-refractivity contribution < 1.29 is 18.0 Å². The van der Waals surface area contributed by atoms with Crippen molar-refractivity contribution in [3.8, 4) is 6.07 Å². The largest absolute Gasteiger partial charge is 0.451 e. The molecule has 0 saturated carbocycles. The van der Waals surface area contributed by atoms with Gasteiger partial charge in [-0.05, 0) is 17.7 Å². The van der Waals surface area contributed by atoms with Crippen LogP contribution in [0.3, 0.4) is 0 Å². The lowest BCUT2D eigenvalue weighted by Crippen LogP contribution is -2.28. The highest BCUT2D eigenvalue weighted by molar-refractivity contribution is 9.10. The molecule has 1 aromatic rings. The van der Waals surface area contributed by atoms with Gasteiger partial charge in [0.05, 0.1) is 6.07 Å². The van der Waals surface area contributed by atoms with Gasteiger partial charge in [0.2, 0.25) is 0 Å². The van der Waals surface area contributed by atoms with E-state index in [1.807, 2.05) is 0 Å². The molecule has 0 spiro atoms. The molecule has 0 aliphatic heterocycles. The summed E-state index contributed by atoms with van der Waals surface area (Å²) in [5.74, 6) is -3.86. The number of hydrogen-bond donors (Lipinski definition) is 0. The summed E-state index contributed by atoms with van der Waals surface area (Å²) in [5.41, 5.74) is 0.0270. The molecule has 1 rings (SSSR count). The minimum atomic E-state index is -5.00. The van der Waals surface area contributed by atoms with E-state index in [4.69, 9.17) is 5.26 Å². The number of carbonyl (C=O) groups is 1. The summed E-state index contributed by atoms with van der Waals surface area (Å²) < 4.78 is 37.0. The molecule has 0 bridgehead atoms. The van der Waals surface area contributed by atoms with Crippen LogP contribution >= 0.6 is 15.9 Å². The lowest BCUT2D eigenvalue weighted by atomic mass is 9.96. The molecule has 0 aromatic heterocycles. The van der Waals surface area contributed by atoms with Gasteiger partial charge in [0.1, 0.15) is 5.92 Å². The average Bonchev–Trinajstić information content (AvgIpc) is 2.17. The van der Waals surface area contributed by atoms with Crippen LogP contribution in [-0.4, -0.2) is 12.0 Å². The van der Waals surface area contributed by atoms with Crippen molar-refractivity contribution in [2.45, 2.75) is 12.1 Å². The lowest BCUT2D eigenvalue weighted by molar-refractivity contribution is -0.171. The van der Waals surface area contributed by atoms with E-state index in [-0.39, 0.29) is 5.56 Å². The molecular formula is C10H5BrF3NO. The second-order valence-electron chi connectivity index (χ2n) is 2.98. The van der Waals surface area contributed by atoms with Crippen LogP contribution in [0.25, 0.3) is 0 Å². The molecule has 2 nitrogen and oxygen atoms in total. The van der Waals surface area contributed by atoms with Crippen molar-refractivity contribution in [2.75, 3.05) is 0 Å². The molecule has 0 amide bonds.